The van der Waals surface area contributed by atoms with Crippen molar-refractivity contribution in [3.8, 4) is 23.0 Å². The lowest BCUT2D eigenvalue weighted by Crippen LogP contribution is -2.33. The molecule has 9 heteroatoms. The molecule has 1 fully saturated rings. The van der Waals surface area contributed by atoms with Crippen molar-refractivity contribution in [1.29, 1.82) is 0 Å². The molecule has 1 amide bonds. The highest BCUT2D eigenvalue weighted by atomic mass is 35.5. The van der Waals surface area contributed by atoms with E-state index in [4.69, 9.17) is 21.5 Å². The van der Waals surface area contributed by atoms with E-state index in [0.717, 1.165) is 30.4 Å². The Kier molecular flexibility index (Phi) is 5.28. The van der Waals surface area contributed by atoms with E-state index in [1.165, 1.54) is 6.07 Å². The van der Waals surface area contributed by atoms with Gasteiger partial charge in [0.15, 0.2) is 5.65 Å². The van der Waals surface area contributed by atoms with Gasteiger partial charge in [-0.05, 0) is 55.5 Å². The van der Waals surface area contributed by atoms with E-state index in [2.05, 4.69) is 15.0 Å². The molecule has 8 nitrogen and oxygen atoms in total. The molecule has 0 bridgehead atoms. The van der Waals surface area contributed by atoms with Crippen LogP contribution in [0.5, 0.6) is 11.8 Å². The minimum Gasteiger partial charge on any atom is -0.426 e. The number of fused-ring (bicyclic) bond motifs is 1. The number of aryl methyl sites for hydroxylation is 1. The highest BCUT2D eigenvalue weighted by Gasteiger charge is 2.36. The molecule has 4 aromatic rings. The number of hydrogen-bond donors (Lipinski definition) is 4. The van der Waals surface area contributed by atoms with Crippen molar-refractivity contribution in [3.05, 3.63) is 70.2 Å². The van der Waals surface area contributed by atoms with Crippen LogP contribution in [0.4, 0.5) is 0 Å². The van der Waals surface area contributed by atoms with Gasteiger partial charge in [-0.25, -0.2) is 10.5 Å². The van der Waals surface area contributed by atoms with Crippen LogP contribution in [0.25, 0.3) is 22.4 Å². The maximum absolute atomic E-state index is 11.8. The van der Waals surface area contributed by atoms with Crippen LogP contribution >= 0.6 is 11.6 Å². The van der Waals surface area contributed by atoms with E-state index in [0.29, 0.717) is 33.2 Å². The zero-order chi connectivity index (χ0) is 23.2. The molecule has 1 aliphatic carbocycles. The van der Waals surface area contributed by atoms with Crippen LogP contribution in [0.1, 0.15) is 40.7 Å². The van der Waals surface area contributed by atoms with Crippen LogP contribution in [-0.4, -0.2) is 31.2 Å². The number of nitrogens with one attached hydrogen (secondary N) is 2. The summed E-state index contributed by atoms with van der Waals surface area (Å²) >= 11 is 6.50. The number of benzene rings is 2. The Labute approximate surface area is 194 Å². The summed E-state index contributed by atoms with van der Waals surface area (Å²) in [6.07, 6.45) is 2.59. The van der Waals surface area contributed by atoms with Gasteiger partial charge in [0.1, 0.15) is 5.75 Å². The summed E-state index contributed by atoms with van der Waals surface area (Å²) in [5, 5.41) is 19.9. The summed E-state index contributed by atoms with van der Waals surface area (Å²) in [7, 11) is 0. The fraction of sp³-hybridized carbons (Fsp3) is 0.208. The van der Waals surface area contributed by atoms with Gasteiger partial charge in [-0.1, -0.05) is 41.9 Å². The van der Waals surface area contributed by atoms with Crippen molar-refractivity contribution in [2.45, 2.75) is 31.8 Å². The Morgan fingerprint density at radius 2 is 1.91 bits per heavy atom. The fourth-order valence-electron chi connectivity index (χ4n) is 3.97. The standard InChI is InChI=1S/C24H21ClN4O4/c1-13-3-8-16(11-17(13)22(30)29-32)33-23-26-19-12-18(25)20(27-21(19)28-23)14-4-6-15(7-5-14)24(31)9-2-10-24/h3-8,11-12,31-32H,2,9-10H2,1H3,(H,29,30)(H,26,27,28). The monoisotopic (exact) mass is 464 g/mol. The molecule has 4 N–H and O–H groups in total. The molecule has 168 valence electrons. The number of halogens is 1. The predicted molar refractivity (Wildman–Crippen MR) is 123 cm³/mol. The first-order chi connectivity index (χ1) is 15.9. The minimum absolute atomic E-state index is 0.187. The van der Waals surface area contributed by atoms with E-state index in [9.17, 15) is 9.90 Å². The van der Waals surface area contributed by atoms with Gasteiger partial charge >= 0.3 is 6.01 Å². The van der Waals surface area contributed by atoms with E-state index in [-0.39, 0.29) is 11.6 Å². The molecule has 0 atom stereocenters. The van der Waals surface area contributed by atoms with Crippen molar-refractivity contribution in [1.82, 2.24) is 20.4 Å². The topological polar surface area (TPSA) is 120 Å². The molecule has 0 unspecified atom stereocenters. The quantitative estimate of drug-likeness (QED) is 0.247. The maximum atomic E-state index is 11.8. The van der Waals surface area contributed by atoms with Crippen molar-refractivity contribution in [2.75, 3.05) is 0 Å². The Hall–Kier alpha value is -3.46. The van der Waals surface area contributed by atoms with Crippen LogP contribution in [-0.2, 0) is 5.60 Å². The van der Waals surface area contributed by atoms with Gasteiger partial charge in [-0.2, -0.15) is 4.98 Å². The highest BCUT2D eigenvalue weighted by Crippen LogP contribution is 2.41. The number of carbonyl (C=O) groups is 1. The average Bonchev–Trinajstić information content (AvgIpc) is 3.18. The number of aliphatic hydroxyl groups is 1. The van der Waals surface area contributed by atoms with E-state index >= 15 is 0 Å². The number of H-pyrrole nitrogens is 1. The lowest BCUT2D eigenvalue weighted by molar-refractivity contribution is -0.0387. The van der Waals surface area contributed by atoms with Crippen molar-refractivity contribution in [3.63, 3.8) is 0 Å². The molecule has 0 radical (unpaired) electrons. The van der Waals surface area contributed by atoms with Crippen molar-refractivity contribution in [2.24, 2.45) is 0 Å². The second-order valence-electron chi connectivity index (χ2n) is 8.21. The summed E-state index contributed by atoms with van der Waals surface area (Å²) < 4.78 is 5.77. The van der Waals surface area contributed by atoms with Crippen LogP contribution in [0.3, 0.4) is 0 Å². The number of amides is 1. The Morgan fingerprint density at radius 3 is 2.58 bits per heavy atom. The molecule has 0 spiro atoms. The first-order valence-electron chi connectivity index (χ1n) is 10.5. The molecule has 2 aromatic heterocycles. The number of hydrogen-bond acceptors (Lipinski definition) is 6. The Balaban J connectivity index is 1.43. The van der Waals surface area contributed by atoms with Crippen LogP contribution < -0.4 is 10.2 Å². The predicted octanol–water partition coefficient (Wildman–Crippen LogP) is 4.87. The number of ether oxygens (including phenoxy) is 1. The lowest BCUT2D eigenvalue weighted by atomic mass is 9.75. The van der Waals surface area contributed by atoms with Gasteiger partial charge in [0, 0.05) is 11.1 Å². The Bertz CT molecular complexity index is 1360. The number of carbonyl (C=O) groups excluding carboxylic acids is 1. The SMILES string of the molecule is Cc1ccc(Oc2nc3nc(-c4ccc(C5(O)CCC5)cc4)c(Cl)cc3[nH]2)cc1C(=O)NO. The molecule has 5 rings (SSSR count). The Morgan fingerprint density at radius 1 is 1.15 bits per heavy atom. The van der Waals surface area contributed by atoms with E-state index in [1.54, 1.807) is 30.6 Å². The molecular weight excluding hydrogens is 444 g/mol. The van der Waals surface area contributed by atoms with Gasteiger partial charge in [0.25, 0.3) is 5.91 Å². The average molecular weight is 465 g/mol. The largest absolute Gasteiger partial charge is 0.426 e. The number of imidazole rings is 1. The number of aromatic nitrogens is 3. The molecule has 0 aliphatic heterocycles. The second-order valence-corrected chi connectivity index (χ2v) is 8.62. The number of pyridine rings is 1. The second kappa shape index (κ2) is 8.15. The van der Waals surface area contributed by atoms with E-state index in [1.807, 2.05) is 24.3 Å². The van der Waals surface area contributed by atoms with Gasteiger partial charge in [0.05, 0.1) is 21.8 Å². The van der Waals surface area contributed by atoms with E-state index < -0.39 is 11.5 Å². The third kappa shape index (κ3) is 3.93. The fourth-order valence-corrected chi connectivity index (χ4v) is 4.23. The molecule has 1 aliphatic rings. The zero-order valence-electron chi connectivity index (χ0n) is 17.7. The normalized spacial score (nSPS) is 14.7. The lowest BCUT2D eigenvalue weighted by Gasteiger charge is -2.37. The molecular formula is C24H21ClN4O4. The van der Waals surface area contributed by atoms with Gasteiger partial charge in [-0.15, -0.1) is 0 Å². The molecule has 2 aromatic carbocycles. The van der Waals surface area contributed by atoms with Gasteiger partial charge in [0.2, 0.25) is 0 Å². The first kappa shape index (κ1) is 21.4. The van der Waals surface area contributed by atoms with Crippen molar-refractivity contribution >= 4 is 28.7 Å². The number of rotatable bonds is 5. The van der Waals surface area contributed by atoms with Crippen LogP contribution in [0.15, 0.2) is 48.5 Å². The summed E-state index contributed by atoms with van der Waals surface area (Å²) in [4.78, 5) is 23.8. The smallest absolute Gasteiger partial charge is 0.301 e. The molecule has 2 heterocycles. The van der Waals surface area contributed by atoms with Crippen molar-refractivity contribution < 1.29 is 19.8 Å². The maximum Gasteiger partial charge on any atom is 0.301 e. The molecule has 33 heavy (non-hydrogen) atoms. The highest BCUT2D eigenvalue weighted by molar-refractivity contribution is 6.33. The third-order valence-corrected chi connectivity index (χ3v) is 6.34. The van der Waals surface area contributed by atoms with Crippen LogP contribution in [0, 0.1) is 6.92 Å². The third-order valence-electron chi connectivity index (χ3n) is 6.05. The number of hydroxylamine groups is 1. The first-order valence-corrected chi connectivity index (χ1v) is 10.9. The summed E-state index contributed by atoms with van der Waals surface area (Å²) in [6, 6.07) is 14.4. The molecule has 0 saturated heterocycles. The summed E-state index contributed by atoms with van der Waals surface area (Å²) in [6.45, 7) is 1.75. The van der Waals surface area contributed by atoms with Gasteiger partial charge < -0.3 is 14.8 Å². The zero-order valence-corrected chi connectivity index (χ0v) is 18.5. The van der Waals surface area contributed by atoms with Gasteiger partial charge in [-0.3, -0.25) is 10.0 Å². The number of aromatic amines is 1. The summed E-state index contributed by atoms with van der Waals surface area (Å²) in [5.41, 5.74) is 5.19. The molecule has 1 saturated carbocycles. The number of nitrogens with zero attached hydrogens (tertiary/aromatic N) is 2. The van der Waals surface area contributed by atoms with Crippen LogP contribution in [0.2, 0.25) is 5.02 Å². The summed E-state index contributed by atoms with van der Waals surface area (Å²) in [5.74, 6) is -0.259. The minimum atomic E-state index is -0.720.